The van der Waals surface area contributed by atoms with Gasteiger partial charge in [0.1, 0.15) is 0 Å². The molecule has 7 nitrogen and oxygen atoms in total. The molecule has 0 aromatic carbocycles. The van der Waals surface area contributed by atoms with Gasteiger partial charge in [-0.25, -0.2) is 14.5 Å². The number of fused-ring (bicyclic) bond motifs is 2. The van der Waals surface area contributed by atoms with Gasteiger partial charge in [0.15, 0.2) is 0 Å². The van der Waals surface area contributed by atoms with E-state index in [1.807, 2.05) is 47.2 Å². The van der Waals surface area contributed by atoms with Crippen molar-refractivity contribution in [3.63, 3.8) is 0 Å². The van der Waals surface area contributed by atoms with Crippen LogP contribution in [0.3, 0.4) is 0 Å². The number of rotatable bonds is 3. The van der Waals surface area contributed by atoms with Crippen LogP contribution in [0, 0.1) is 0 Å². The monoisotopic (exact) mass is 359 g/mol. The molecule has 4 aromatic rings. The number of nitrogens with zero attached hydrogens (tertiary/aromatic N) is 6. The Labute approximate surface area is 157 Å². The topological polar surface area (TPSA) is 71.2 Å². The van der Waals surface area contributed by atoms with Crippen molar-refractivity contribution in [2.75, 3.05) is 25.5 Å². The molecule has 0 unspecified atom stereocenters. The van der Waals surface area contributed by atoms with Gasteiger partial charge in [-0.1, -0.05) is 0 Å². The van der Waals surface area contributed by atoms with E-state index in [9.17, 15) is 0 Å². The van der Waals surface area contributed by atoms with Crippen molar-refractivity contribution in [1.29, 1.82) is 0 Å². The van der Waals surface area contributed by atoms with Gasteiger partial charge < -0.3 is 10.2 Å². The number of piperidine rings is 1. The number of likely N-dealkylation sites (tertiary alicyclic amines) is 1. The highest BCUT2D eigenvalue weighted by atomic mass is 15.3. The maximum atomic E-state index is 4.74. The first-order chi connectivity index (χ1) is 13.3. The highest BCUT2D eigenvalue weighted by molar-refractivity contribution is 5.83. The summed E-state index contributed by atoms with van der Waals surface area (Å²) in [5, 5.41) is 8.11. The van der Waals surface area contributed by atoms with E-state index in [0.29, 0.717) is 12.0 Å². The maximum absolute atomic E-state index is 4.74. The Bertz CT molecular complexity index is 1100. The molecule has 5 rings (SSSR count). The summed E-state index contributed by atoms with van der Waals surface area (Å²) in [6.45, 7) is 2.21. The Kier molecular flexibility index (Phi) is 3.94. The molecular weight excluding hydrogens is 338 g/mol. The Morgan fingerprint density at radius 1 is 1.04 bits per heavy atom. The van der Waals surface area contributed by atoms with E-state index in [2.05, 4.69) is 32.3 Å². The van der Waals surface area contributed by atoms with Crippen molar-refractivity contribution < 1.29 is 0 Å². The summed E-state index contributed by atoms with van der Waals surface area (Å²) in [5.74, 6) is 0.676. The number of hydrogen-bond donors (Lipinski definition) is 1. The van der Waals surface area contributed by atoms with Crippen LogP contribution in [0.1, 0.15) is 12.8 Å². The van der Waals surface area contributed by atoms with E-state index in [4.69, 9.17) is 4.98 Å². The van der Waals surface area contributed by atoms with Gasteiger partial charge in [0.2, 0.25) is 5.95 Å². The average molecular weight is 359 g/mol. The van der Waals surface area contributed by atoms with E-state index in [1.165, 1.54) is 0 Å². The van der Waals surface area contributed by atoms with Gasteiger partial charge in [-0.05, 0) is 63.3 Å². The second kappa shape index (κ2) is 6.59. The van der Waals surface area contributed by atoms with Crippen LogP contribution in [-0.4, -0.2) is 55.6 Å². The highest BCUT2D eigenvalue weighted by Crippen LogP contribution is 2.25. The lowest BCUT2D eigenvalue weighted by Crippen LogP contribution is -2.37. The highest BCUT2D eigenvalue weighted by Gasteiger charge is 2.17. The summed E-state index contributed by atoms with van der Waals surface area (Å²) in [4.78, 5) is 16.0. The zero-order valence-electron chi connectivity index (χ0n) is 15.2. The summed E-state index contributed by atoms with van der Waals surface area (Å²) in [5.41, 5.74) is 4.64. The molecule has 0 spiro atoms. The zero-order chi connectivity index (χ0) is 18.2. The van der Waals surface area contributed by atoms with Crippen molar-refractivity contribution in [3.05, 3.63) is 48.9 Å². The van der Waals surface area contributed by atoms with E-state index >= 15 is 0 Å². The fourth-order valence-corrected chi connectivity index (χ4v) is 3.63. The van der Waals surface area contributed by atoms with Crippen molar-refractivity contribution in [2.45, 2.75) is 18.9 Å². The van der Waals surface area contributed by atoms with E-state index < -0.39 is 0 Å². The van der Waals surface area contributed by atoms with Gasteiger partial charge in [0, 0.05) is 24.0 Å². The molecule has 0 amide bonds. The minimum Gasteiger partial charge on any atom is -0.350 e. The van der Waals surface area contributed by atoms with E-state index in [0.717, 1.165) is 53.7 Å². The standard InChI is InChI=1S/C20H21N7/c1-26-10-6-14(7-11-26)23-20-22-13-19-15(8-12-27(19)25-20)16-4-5-17-18(24-16)3-2-9-21-17/h2-5,8-9,12-14H,6-7,10-11H2,1H3,(H,23,25). The summed E-state index contributed by atoms with van der Waals surface area (Å²) in [6, 6.07) is 10.3. The molecule has 4 aromatic heterocycles. The van der Waals surface area contributed by atoms with Crippen molar-refractivity contribution in [2.24, 2.45) is 0 Å². The number of pyridine rings is 2. The smallest absolute Gasteiger partial charge is 0.241 e. The quantitative estimate of drug-likeness (QED) is 0.606. The average Bonchev–Trinajstić information content (AvgIpc) is 3.12. The van der Waals surface area contributed by atoms with Crippen LogP contribution in [0.4, 0.5) is 5.95 Å². The lowest BCUT2D eigenvalue weighted by Gasteiger charge is -2.29. The molecule has 0 bridgehead atoms. The summed E-state index contributed by atoms with van der Waals surface area (Å²) < 4.78 is 1.87. The van der Waals surface area contributed by atoms with Crippen LogP contribution in [0.25, 0.3) is 27.8 Å². The molecule has 1 aliphatic heterocycles. The Morgan fingerprint density at radius 3 is 2.81 bits per heavy atom. The van der Waals surface area contributed by atoms with Crippen molar-refractivity contribution in [3.8, 4) is 11.3 Å². The minimum absolute atomic E-state index is 0.434. The molecule has 0 radical (unpaired) electrons. The normalized spacial score (nSPS) is 16.2. The first kappa shape index (κ1) is 16.1. The van der Waals surface area contributed by atoms with Gasteiger partial charge in [0.05, 0.1) is 28.4 Å². The van der Waals surface area contributed by atoms with Gasteiger partial charge in [-0.15, -0.1) is 5.10 Å². The molecule has 27 heavy (non-hydrogen) atoms. The predicted octanol–water partition coefficient (Wildman–Crippen LogP) is 2.85. The van der Waals surface area contributed by atoms with Gasteiger partial charge in [0.25, 0.3) is 0 Å². The van der Waals surface area contributed by atoms with E-state index in [-0.39, 0.29) is 0 Å². The molecule has 1 aliphatic rings. The fraction of sp³-hybridized carbons (Fsp3) is 0.300. The SMILES string of the molecule is CN1CCC(Nc2ncc3c(-c4ccc5ncccc5n4)ccn3n2)CC1. The fourth-order valence-electron chi connectivity index (χ4n) is 3.63. The largest absolute Gasteiger partial charge is 0.350 e. The second-order valence-corrected chi connectivity index (χ2v) is 7.10. The number of aromatic nitrogens is 5. The zero-order valence-corrected chi connectivity index (χ0v) is 15.2. The summed E-state index contributed by atoms with van der Waals surface area (Å²) in [6.07, 6.45) is 7.84. The lowest BCUT2D eigenvalue weighted by molar-refractivity contribution is 0.263. The van der Waals surface area contributed by atoms with Crippen LogP contribution < -0.4 is 5.32 Å². The molecule has 7 heteroatoms. The Balaban J connectivity index is 1.44. The molecular formula is C20H21N7. The molecule has 1 fully saturated rings. The molecule has 1 saturated heterocycles. The third-order valence-electron chi connectivity index (χ3n) is 5.20. The third kappa shape index (κ3) is 3.10. The lowest BCUT2D eigenvalue weighted by atomic mass is 10.1. The second-order valence-electron chi connectivity index (χ2n) is 7.10. The number of hydrogen-bond acceptors (Lipinski definition) is 6. The summed E-state index contributed by atoms with van der Waals surface area (Å²) in [7, 11) is 2.16. The minimum atomic E-state index is 0.434. The first-order valence-corrected chi connectivity index (χ1v) is 9.28. The Morgan fingerprint density at radius 2 is 1.93 bits per heavy atom. The van der Waals surface area contributed by atoms with Crippen LogP contribution >= 0.6 is 0 Å². The van der Waals surface area contributed by atoms with Crippen LogP contribution in [0.15, 0.2) is 48.9 Å². The number of anilines is 1. The molecule has 5 heterocycles. The van der Waals surface area contributed by atoms with Crippen molar-refractivity contribution >= 4 is 22.5 Å². The van der Waals surface area contributed by atoms with Crippen LogP contribution in [0.2, 0.25) is 0 Å². The van der Waals surface area contributed by atoms with Crippen LogP contribution in [0.5, 0.6) is 0 Å². The molecule has 1 N–H and O–H groups in total. The number of nitrogens with one attached hydrogen (secondary N) is 1. The Hall–Kier alpha value is -3.06. The summed E-state index contributed by atoms with van der Waals surface area (Å²) >= 11 is 0. The van der Waals surface area contributed by atoms with Crippen LogP contribution in [-0.2, 0) is 0 Å². The van der Waals surface area contributed by atoms with E-state index in [1.54, 1.807) is 6.20 Å². The molecule has 0 saturated carbocycles. The molecule has 0 aliphatic carbocycles. The van der Waals surface area contributed by atoms with Gasteiger partial charge in [-0.2, -0.15) is 0 Å². The third-order valence-corrected chi connectivity index (χ3v) is 5.20. The van der Waals surface area contributed by atoms with Gasteiger partial charge >= 0.3 is 0 Å². The van der Waals surface area contributed by atoms with Gasteiger partial charge in [-0.3, -0.25) is 4.98 Å². The molecule has 0 atom stereocenters. The first-order valence-electron chi connectivity index (χ1n) is 9.28. The molecule has 136 valence electrons. The maximum Gasteiger partial charge on any atom is 0.241 e. The predicted molar refractivity (Wildman–Crippen MR) is 106 cm³/mol. The van der Waals surface area contributed by atoms with Crippen molar-refractivity contribution in [1.82, 2.24) is 29.5 Å².